The number of carboxylic acid groups (broad SMARTS) is 1. The maximum absolute atomic E-state index is 11.0. The Morgan fingerprint density at radius 1 is 1.24 bits per heavy atom. The molecular weight excluding hydrogens is 216 g/mol. The third-order valence-corrected chi connectivity index (χ3v) is 2.38. The number of aromatic nitrogens is 1. The van der Waals surface area contributed by atoms with Crippen molar-refractivity contribution in [3.63, 3.8) is 0 Å². The van der Waals surface area contributed by atoms with E-state index in [-0.39, 0.29) is 5.56 Å². The molecule has 86 valence electrons. The predicted octanol–water partition coefficient (Wildman–Crippen LogP) is 2.83. The first-order valence-corrected chi connectivity index (χ1v) is 5.18. The summed E-state index contributed by atoms with van der Waals surface area (Å²) in [5.41, 5.74) is 2.71. The Hall–Kier alpha value is -2.36. The second kappa shape index (κ2) is 4.65. The number of aryl methyl sites for hydroxylation is 1. The summed E-state index contributed by atoms with van der Waals surface area (Å²) in [6.45, 7) is 2.00. The zero-order valence-corrected chi connectivity index (χ0v) is 9.34. The summed E-state index contributed by atoms with van der Waals surface area (Å²) in [5, 5.41) is 12.1. The summed E-state index contributed by atoms with van der Waals surface area (Å²) in [7, 11) is 0. The molecule has 0 bridgehead atoms. The van der Waals surface area contributed by atoms with Crippen molar-refractivity contribution in [2.24, 2.45) is 0 Å². The molecule has 4 nitrogen and oxygen atoms in total. The minimum absolute atomic E-state index is 0.160. The van der Waals surface area contributed by atoms with Crippen LogP contribution in [0, 0.1) is 6.92 Å². The molecule has 0 saturated heterocycles. The van der Waals surface area contributed by atoms with Crippen LogP contribution in [0.1, 0.15) is 15.9 Å². The van der Waals surface area contributed by atoms with Gasteiger partial charge in [0, 0.05) is 18.1 Å². The molecule has 0 spiro atoms. The van der Waals surface area contributed by atoms with Crippen molar-refractivity contribution in [1.29, 1.82) is 0 Å². The molecule has 1 aromatic heterocycles. The molecule has 17 heavy (non-hydrogen) atoms. The SMILES string of the molecule is Cc1ccc(Nc2ccncc2C(=O)O)cc1. The average molecular weight is 228 g/mol. The fraction of sp³-hybridized carbons (Fsp3) is 0.0769. The first-order valence-electron chi connectivity index (χ1n) is 5.18. The number of nitrogens with zero attached hydrogens (tertiary/aromatic N) is 1. The Balaban J connectivity index is 2.30. The van der Waals surface area contributed by atoms with Crippen molar-refractivity contribution < 1.29 is 9.90 Å². The summed E-state index contributed by atoms with van der Waals surface area (Å²) in [4.78, 5) is 14.8. The van der Waals surface area contributed by atoms with Gasteiger partial charge in [0.15, 0.2) is 0 Å². The fourth-order valence-corrected chi connectivity index (χ4v) is 1.47. The van der Waals surface area contributed by atoms with Gasteiger partial charge in [-0.25, -0.2) is 4.79 Å². The quantitative estimate of drug-likeness (QED) is 0.847. The van der Waals surface area contributed by atoms with Gasteiger partial charge in [0.1, 0.15) is 5.56 Å². The van der Waals surface area contributed by atoms with E-state index in [1.54, 1.807) is 12.3 Å². The Kier molecular flexibility index (Phi) is 3.05. The summed E-state index contributed by atoms with van der Waals surface area (Å²) in [5.74, 6) is -0.993. The molecule has 1 aromatic carbocycles. The number of hydrogen-bond acceptors (Lipinski definition) is 3. The molecule has 2 N–H and O–H groups in total. The molecule has 0 unspecified atom stereocenters. The van der Waals surface area contributed by atoms with Gasteiger partial charge < -0.3 is 10.4 Å². The predicted molar refractivity (Wildman–Crippen MR) is 65.7 cm³/mol. The van der Waals surface area contributed by atoms with Crippen LogP contribution in [0.5, 0.6) is 0 Å². The monoisotopic (exact) mass is 228 g/mol. The highest BCUT2D eigenvalue weighted by atomic mass is 16.4. The first kappa shape index (κ1) is 11.1. The zero-order chi connectivity index (χ0) is 12.3. The van der Waals surface area contributed by atoms with Crippen molar-refractivity contribution in [3.05, 3.63) is 53.9 Å². The van der Waals surface area contributed by atoms with Crippen LogP contribution in [-0.2, 0) is 0 Å². The maximum atomic E-state index is 11.0. The van der Waals surface area contributed by atoms with Gasteiger partial charge in [0.05, 0.1) is 5.69 Å². The van der Waals surface area contributed by atoms with Gasteiger partial charge in [-0.1, -0.05) is 17.7 Å². The number of carbonyl (C=O) groups is 1. The highest BCUT2D eigenvalue weighted by Crippen LogP contribution is 2.20. The molecule has 0 radical (unpaired) electrons. The third kappa shape index (κ3) is 2.60. The van der Waals surface area contributed by atoms with E-state index < -0.39 is 5.97 Å². The van der Waals surface area contributed by atoms with Crippen molar-refractivity contribution in [1.82, 2.24) is 4.98 Å². The van der Waals surface area contributed by atoms with Gasteiger partial charge in [0.25, 0.3) is 0 Å². The summed E-state index contributed by atoms with van der Waals surface area (Å²) >= 11 is 0. The molecule has 0 aliphatic heterocycles. The van der Waals surface area contributed by atoms with Crippen LogP contribution in [0.2, 0.25) is 0 Å². The maximum Gasteiger partial charge on any atom is 0.339 e. The number of aromatic carboxylic acids is 1. The molecule has 0 atom stereocenters. The second-order valence-corrected chi connectivity index (χ2v) is 3.72. The Morgan fingerprint density at radius 3 is 2.59 bits per heavy atom. The van der Waals surface area contributed by atoms with Gasteiger partial charge in [-0.3, -0.25) is 4.98 Å². The molecule has 0 fully saturated rings. The molecule has 2 aromatic rings. The minimum Gasteiger partial charge on any atom is -0.478 e. The number of nitrogens with one attached hydrogen (secondary N) is 1. The summed E-state index contributed by atoms with van der Waals surface area (Å²) in [6.07, 6.45) is 2.89. The van der Waals surface area contributed by atoms with Gasteiger partial charge in [-0.2, -0.15) is 0 Å². The lowest BCUT2D eigenvalue weighted by atomic mass is 10.2. The van der Waals surface area contributed by atoms with E-state index in [1.807, 2.05) is 31.2 Å². The molecule has 1 heterocycles. The standard InChI is InChI=1S/C13H12N2O2/c1-9-2-4-10(5-3-9)15-12-6-7-14-8-11(12)13(16)17/h2-8H,1H3,(H,14,15)(H,16,17). The van der Waals surface area contributed by atoms with Crippen LogP contribution in [0.3, 0.4) is 0 Å². The van der Waals surface area contributed by atoms with E-state index in [0.29, 0.717) is 5.69 Å². The topological polar surface area (TPSA) is 62.2 Å². The third-order valence-electron chi connectivity index (χ3n) is 2.38. The van der Waals surface area contributed by atoms with Crippen molar-refractivity contribution in [2.45, 2.75) is 6.92 Å². The smallest absolute Gasteiger partial charge is 0.339 e. The second-order valence-electron chi connectivity index (χ2n) is 3.72. The lowest BCUT2D eigenvalue weighted by Gasteiger charge is -2.08. The van der Waals surface area contributed by atoms with E-state index in [4.69, 9.17) is 5.11 Å². The van der Waals surface area contributed by atoms with Crippen LogP contribution in [0.25, 0.3) is 0 Å². The minimum atomic E-state index is -0.993. The van der Waals surface area contributed by atoms with Crippen LogP contribution < -0.4 is 5.32 Å². The van der Waals surface area contributed by atoms with E-state index in [2.05, 4.69) is 10.3 Å². The molecule has 0 amide bonds. The van der Waals surface area contributed by atoms with E-state index >= 15 is 0 Å². The van der Waals surface area contributed by atoms with Gasteiger partial charge in [0.2, 0.25) is 0 Å². The van der Waals surface area contributed by atoms with Crippen LogP contribution >= 0.6 is 0 Å². The van der Waals surface area contributed by atoms with Gasteiger partial charge >= 0.3 is 5.97 Å². The lowest BCUT2D eigenvalue weighted by molar-refractivity contribution is 0.0697. The summed E-state index contributed by atoms with van der Waals surface area (Å²) in [6, 6.07) is 9.38. The van der Waals surface area contributed by atoms with Crippen molar-refractivity contribution in [3.8, 4) is 0 Å². The fourth-order valence-electron chi connectivity index (χ4n) is 1.47. The van der Waals surface area contributed by atoms with Crippen LogP contribution in [0.4, 0.5) is 11.4 Å². The van der Waals surface area contributed by atoms with E-state index in [1.165, 1.54) is 6.20 Å². The zero-order valence-electron chi connectivity index (χ0n) is 9.34. The van der Waals surface area contributed by atoms with Crippen LogP contribution in [-0.4, -0.2) is 16.1 Å². The number of anilines is 2. The first-order chi connectivity index (χ1) is 8.16. The molecule has 0 saturated carbocycles. The normalized spacial score (nSPS) is 9.94. The lowest BCUT2D eigenvalue weighted by Crippen LogP contribution is -2.03. The van der Waals surface area contributed by atoms with Crippen molar-refractivity contribution >= 4 is 17.3 Å². The largest absolute Gasteiger partial charge is 0.478 e. The molecule has 0 aliphatic rings. The molecule has 2 rings (SSSR count). The van der Waals surface area contributed by atoms with E-state index in [9.17, 15) is 4.79 Å². The van der Waals surface area contributed by atoms with Gasteiger partial charge in [-0.05, 0) is 25.1 Å². The summed E-state index contributed by atoms with van der Waals surface area (Å²) < 4.78 is 0. The van der Waals surface area contributed by atoms with Crippen molar-refractivity contribution in [2.75, 3.05) is 5.32 Å². The molecule has 4 heteroatoms. The number of pyridine rings is 1. The Labute approximate surface area is 98.9 Å². The number of hydrogen-bond donors (Lipinski definition) is 2. The number of carboxylic acids is 1. The Bertz CT molecular complexity index is 535. The molecule has 0 aliphatic carbocycles. The van der Waals surface area contributed by atoms with E-state index in [0.717, 1.165) is 11.3 Å². The van der Waals surface area contributed by atoms with Gasteiger partial charge in [-0.15, -0.1) is 0 Å². The average Bonchev–Trinajstić information content (AvgIpc) is 2.32. The number of benzene rings is 1. The number of rotatable bonds is 3. The highest BCUT2D eigenvalue weighted by Gasteiger charge is 2.09. The highest BCUT2D eigenvalue weighted by molar-refractivity contribution is 5.94. The molecular formula is C13H12N2O2. The Morgan fingerprint density at radius 2 is 1.94 bits per heavy atom. The van der Waals surface area contributed by atoms with Crippen LogP contribution in [0.15, 0.2) is 42.7 Å².